The molecule has 1 radical (unpaired) electrons. The van der Waals surface area contributed by atoms with E-state index in [9.17, 15) is 0 Å². The first-order valence-corrected chi connectivity index (χ1v) is 10.3. The minimum Gasteiger partial charge on any atom is -0.534 e. The van der Waals surface area contributed by atoms with Crippen molar-refractivity contribution in [2.75, 3.05) is 11.4 Å². The second kappa shape index (κ2) is 10.1. The molecular formula is C26H29N3Y-2. The summed E-state index contributed by atoms with van der Waals surface area (Å²) in [6.45, 7) is 9.70. The molecule has 0 spiro atoms. The van der Waals surface area contributed by atoms with Crippen LogP contribution in [0.5, 0.6) is 0 Å². The molecule has 1 saturated heterocycles. The van der Waals surface area contributed by atoms with Gasteiger partial charge in [0.15, 0.2) is 0 Å². The van der Waals surface area contributed by atoms with Gasteiger partial charge in [0.05, 0.1) is 5.82 Å². The first kappa shape index (κ1) is 23.0. The van der Waals surface area contributed by atoms with Crippen LogP contribution < -0.4 is 4.90 Å². The van der Waals surface area contributed by atoms with Gasteiger partial charge in [-0.25, -0.2) is 4.98 Å². The number of pyridine rings is 1. The van der Waals surface area contributed by atoms with Crippen LogP contribution in [0.15, 0.2) is 66.9 Å². The molecule has 0 bridgehead atoms. The van der Waals surface area contributed by atoms with Crippen molar-refractivity contribution in [1.29, 1.82) is 0 Å². The number of nitrogens with zero attached hydrogens (tertiary/aromatic N) is 3. The number of para-hydroxylation sites is 1. The van der Waals surface area contributed by atoms with Crippen molar-refractivity contribution in [3.63, 3.8) is 0 Å². The quantitative estimate of drug-likeness (QED) is 0.401. The number of benzene rings is 2. The molecule has 0 unspecified atom stereocenters. The number of likely N-dealkylation sites (tertiary alicyclic amines) is 1. The molecule has 0 aliphatic carbocycles. The van der Waals surface area contributed by atoms with E-state index >= 15 is 0 Å². The second-order valence-corrected chi connectivity index (χ2v) is 7.99. The summed E-state index contributed by atoms with van der Waals surface area (Å²) in [6, 6.07) is 22.1. The Morgan fingerprint density at radius 1 is 1.10 bits per heavy atom. The van der Waals surface area contributed by atoms with E-state index in [0.29, 0.717) is 12.1 Å². The Kier molecular flexibility index (Phi) is 7.73. The van der Waals surface area contributed by atoms with Gasteiger partial charge in [-0.05, 0) is 56.5 Å². The van der Waals surface area contributed by atoms with Crippen LogP contribution in [0.1, 0.15) is 54.1 Å². The van der Waals surface area contributed by atoms with Crippen LogP contribution in [0, 0.1) is 20.9 Å². The summed E-state index contributed by atoms with van der Waals surface area (Å²) in [5, 5.41) is 0. The molecule has 1 aliphatic heterocycles. The van der Waals surface area contributed by atoms with Gasteiger partial charge < -0.3 is 4.90 Å². The van der Waals surface area contributed by atoms with Gasteiger partial charge in [0.25, 0.3) is 0 Å². The Morgan fingerprint density at radius 2 is 1.83 bits per heavy atom. The first-order valence-electron chi connectivity index (χ1n) is 10.3. The number of aromatic nitrogens is 1. The Morgan fingerprint density at radius 3 is 2.57 bits per heavy atom. The predicted molar refractivity (Wildman–Crippen MR) is 121 cm³/mol. The van der Waals surface area contributed by atoms with E-state index in [1.165, 1.54) is 29.5 Å². The molecule has 3 aromatic rings. The summed E-state index contributed by atoms with van der Waals surface area (Å²) in [5.41, 5.74) is 5.92. The van der Waals surface area contributed by atoms with Crippen LogP contribution in [0.4, 0.5) is 11.5 Å². The van der Waals surface area contributed by atoms with Crippen LogP contribution in [0.3, 0.4) is 0 Å². The van der Waals surface area contributed by atoms with Gasteiger partial charge in [-0.15, -0.1) is 6.07 Å². The summed E-state index contributed by atoms with van der Waals surface area (Å²) in [7, 11) is 4.23. The monoisotopic (exact) mass is 472 g/mol. The molecule has 30 heavy (non-hydrogen) atoms. The van der Waals surface area contributed by atoms with E-state index in [1.54, 1.807) is 0 Å². The van der Waals surface area contributed by atoms with Crippen LogP contribution >= 0.6 is 0 Å². The maximum absolute atomic E-state index is 4.58. The molecular weight excluding hydrogens is 443 g/mol. The van der Waals surface area contributed by atoms with E-state index in [1.807, 2.05) is 35.4 Å². The topological polar surface area (TPSA) is 19.4 Å². The smallest absolute Gasteiger partial charge is 0.0923 e. The van der Waals surface area contributed by atoms with Crippen molar-refractivity contribution in [1.82, 2.24) is 9.88 Å². The van der Waals surface area contributed by atoms with Crippen LogP contribution in [0.25, 0.3) is 0 Å². The summed E-state index contributed by atoms with van der Waals surface area (Å²) in [6.07, 6.45) is 4.29. The normalized spacial score (nSPS) is 17.4. The largest absolute Gasteiger partial charge is 0.534 e. The molecule has 3 nitrogen and oxygen atoms in total. The molecule has 2 aromatic carbocycles. The SMILES string of the molecule is [CH2-]c1ccccc1N([CH2-])c1cc([C@@H]2CCCN2[C@H](C)c2ccc(C)cc2)ccn1.[Y]. The van der Waals surface area contributed by atoms with Gasteiger partial charge in [-0.2, -0.15) is 18.6 Å². The maximum atomic E-state index is 4.58. The third-order valence-electron chi connectivity index (χ3n) is 6.06. The van der Waals surface area contributed by atoms with Crippen molar-refractivity contribution in [3.8, 4) is 0 Å². The van der Waals surface area contributed by atoms with E-state index in [-0.39, 0.29) is 32.7 Å². The number of aryl methyl sites for hydroxylation is 1. The molecule has 0 saturated carbocycles. The number of rotatable bonds is 5. The van der Waals surface area contributed by atoms with Crippen molar-refractivity contribution >= 4 is 11.5 Å². The van der Waals surface area contributed by atoms with Gasteiger partial charge in [-0.1, -0.05) is 47.6 Å². The molecule has 4 heteroatoms. The third kappa shape index (κ3) is 4.80. The van der Waals surface area contributed by atoms with Crippen molar-refractivity contribution in [2.24, 2.45) is 0 Å². The average molecular weight is 472 g/mol. The van der Waals surface area contributed by atoms with Crippen LogP contribution in [0.2, 0.25) is 0 Å². The molecule has 4 rings (SSSR count). The second-order valence-electron chi connectivity index (χ2n) is 7.99. The minimum atomic E-state index is 0. The van der Waals surface area contributed by atoms with Crippen LogP contribution in [-0.2, 0) is 32.7 Å². The molecule has 2 heterocycles. The fourth-order valence-electron chi connectivity index (χ4n) is 4.33. The van der Waals surface area contributed by atoms with E-state index in [4.69, 9.17) is 0 Å². The summed E-state index contributed by atoms with van der Waals surface area (Å²) < 4.78 is 0. The maximum Gasteiger partial charge on any atom is 0.0923 e. The zero-order valence-corrected chi connectivity index (χ0v) is 20.8. The molecule has 2 atom stereocenters. The Hall–Kier alpha value is -1.68. The zero-order valence-electron chi connectivity index (χ0n) is 18.0. The van der Waals surface area contributed by atoms with Gasteiger partial charge in [0, 0.05) is 51.0 Å². The van der Waals surface area contributed by atoms with Crippen molar-refractivity contribution in [3.05, 3.63) is 103 Å². The molecule has 1 aliphatic rings. The average Bonchev–Trinajstić information content (AvgIpc) is 3.24. The predicted octanol–water partition coefficient (Wildman–Crippen LogP) is 6.40. The van der Waals surface area contributed by atoms with Gasteiger partial charge in [0.1, 0.15) is 0 Å². The molecule has 0 N–H and O–H groups in total. The molecule has 1 fully saturated rings. The van der Waals surface area contributed by atoms with E-state index < -0.39 is 0 Å². The Labute approximate surface area is 206 Å². The van der Waals surface area contributed by atoms with Crippen molar-refractivity contribution < 1.29 is 32.7 Å². The van der Waals surface area contributed by atoms with Crippen LogP contribution in [-0.4, -0.2) is 16.4 Å². The zero-order chi connectivity index (χ0) is 20.4. The van der Waals surface area contributed by atoms with E-state index in [0.717, 1.165) is 23.6 Å². The molecule has 0 amide bonds. The molecule has 153 valence electrons. The van der Waals surface area contributed by atoms with Gasteiger partial charge in [-0.3, -0.25) is 11.9 Å². The minimum absolute atomic E-state index is 0. The summed E-state index contributed by atoms with van der Waals surface area (Å²) in [4.78, 5) is 9.08. The molecule has 1 aromatic heterocycles. The Bertz CT molecular complexity index is 970. The summed E-state index contributed by atoms with van der Waals surface area (Å²) >= 11 is 0. The number of hydrogen-bond acceptors (Lipinski definition) is 3. The first-order chi connectivity index (χ1) is 14.0. The van der Waals surface area contributed by atoms with E-state index in [2.05, 4.69) is 74.1 Å². The number of anilines is 2. The van der Waals surface area contributed by atoms with Gasteiger partial charge in [0.2, 0.25) is 0 Å². The van der Waals surface area contributed by atoms with Crippen molar-refractivity contribution in [2.45, 2.75) is 38.8 Å². The standard InChI is InChI=1S/C26H29N3.Y/c1-19-11-13-22(14-12-19)21(3)29-17-7-10-25(29)23-15-16-27-26(18-23)28(4)24-9-6-5-8-20(24)2;/h5-6,8-9,11-16,18,21,25H,2,4,7,10,17H2,1,3H3;/q-2;/t21-,25+;/m1./s1. The third-order valence-corrected chi connectivity index (χ3v) is 6.06. The fraction of sp³-hybridized carbons (Fsp3) is 0.269. The van der Waals surface area contributed by atoms with Gasteiger partial charge >= 0.3 is 0 Å². The summed E-state index contributed by atoms with van der Waals surface area (Å²) in [5.74, 6) is 0.855. The fourth-order valence-corrected chi connectivity index (χ4v) is 4.33. The number of hydrogen-bond donors (Lipinski definition) is 0. The Balaban J connectivity index is 0.00000256.